The lowest BCUT2D eigenvalue weighted by Gasteiger charge is -2.17. The maximum absolute atomic E-state index is 13.1. The summed E-state index contributed by atoms with van der Waals surface area (Å²) in [4.78, 5) is 0. The lowest BCUT2D eigenvalue weighted by molar-refractivity contribution is 0.538. The van der Waals surface area contributed by atoms with E-state index in [1.54, 1.807) is 0 Å². The minimum Gasteiger partial charge on any atom is -0.271 e. The number of nitrogens with one attached hydrogen (secondary N) is 1. The van der Waals surface area contributed by atoms with Crippen LogP contribution in [-0.2, 0) is 6.42 Å². The zero-order chi connectivity index (χ0) is 14.7. The van der Waals surface area contributed by atoms with Crippen LogP contribution < -0.4 is 11.3 Å². The molecule has 2 aromatic rings. The highest BCUT2D eigenvalue weighted by Gasteiger charge is 2.13. The van der Waals surface area contributed by atoms with Gasteiger partial charge < -0.3 is 0 Å². The summed E-state index contributed by atoms with van der Waals surface area (Å²) >= 11 is 5.70. The fourth-order valence-corrected chi connectivity index (χ4v) is 2.16. The second-order valence-electron chi connectivity index (χ2n) is 4.37. The largest absolute Gasteiger partial charge is 0.271 e. The molecule has 3 N–H and O–H groups in total. The Balaban J connectivity index is 2.26. The molecular weight excluding hydrogens is 289 g/mol. The minimum atomic E-state index is -0.659. The third-order valence-corrected chi connectivity index (χ3v) is 3.20. The van der Waals surface area contributed by atoms with E-state index in [1.165, 1.54) is 30.3 Å². The van der Waals surface area contributed by atoms with Crippen molar-refractivity contribution in [3.8, 4) is 0 Å². The molecule has 0 saturated carbocycles. The van der Waals surface area contributed by atoms with E-state index in [0.29, 0.717) is 11.1 Å². The van der Waals surface area contributed by atoms with E-state index < -0.39 is 23.5 Å². The molecule has 1 atom stereocenters. The average Bonchev–Trinajstić information content (AvgIpc) is 2.38. The summed E-state index contributed by atoms with van der Waals surface area (Å²) in [5, 5.41) is -0.0341. The minimum absolute atomic E-state index is 0.0341. The van der Waals surface area contributed by atoms with Gasteiger partial charge in [-0.15, -0.1) is 0 Å². The van der Waals surface area contributed by atoms with Gasteiger partial charge in [-0.1, -0.05) is 17.7 Å². The van der Waals surface area contributed by atoms with Crippen LogP contribution in [0.2, 0.25) is 5.02 Å². The number of hydrogen-bond acceptors (Lipinski definition) is 2. The number of hydrazine groups is 1. The van der Waals surface area contributed by atoms with Gasteiger partial charge in [-0.3, -0.25) is 11.3 Å². The fraction of sp³-hybridized carbons (Fsp3) is 0.143. The maximum Gasteiger partial charge on any atom is 0.141 e. The van der Waals surface area contributed by atoms with Gasteiger partial charge in [0, 0.05) is 6.07 Å². The molecule has 2 rings (SSSR count). The van der Waals surface area contributed by atoms with Gasteiger partial charge in [0.15, 0.2) is 0 Å². The summed E-state index contributed by atoms with van der Waals surface area (Å²) in [5.74, 6) is 3.58. The SMILES string of the molecule is NNC(Cc1cc(F)cc(F)c1)c1ccc(F)c(Cl)c1. The molecule has 0 aliphatic heterocycles. The topological polar surface area (TPSA) is 38.0 Å². The van der Waals surface area contributed by atoms with Crippen LogP contribution in [0.4, 0.5) is 13.2 Å². The van der Waals surface area contributed by atoms with Crippen molar-refractivity contribution >= 4 is 11.6 Å². The first-order valence-corrected chi connectivity index (χ1v) is 6.23. The number of nitrogens with two attached hydrogens (primary N) is 1. The maximum atomic E-state index is 13.1. The first kappa shape index (κ1) is 14.8. The quantitative estimate of drug-likeness (QED) is 0.670. The van der Waals surface area contributed by atoms with Gasteiger partial charge in [0.1, 0.15) is 17.5 Å². The zero-order valence-corrected chi connectivity index (χ0v) is 11.1. The molecule has 2 nitrogen and oxygen atoms in total. The highest BCUT2D eigenvalue weighted by molar-refractivity contribution is 6.30. The predicted molar refractivity (Wildman–Crippen MR) is 71.5 cm³/mol. The number of rotatable bonds is 4. The molecular formula is C14H12ClF3N2. The van der Waals surface area contributed by atoms with Crippen molar-refractivity contribution in [3.05, 3.63) is 70.0 Å². The van der Waals surface area contributed by atoms with Gasteiger partial charge >= 0.3 is 0 Å². The van der Waals surface area contributed by atoms with E-state index in [4.69, 9.17) is 17.4 Å². The Labute approximate surface area is 119 Å². The molecule has 106 valence electrons. The normalized spacial score (nSPS) is 12.4. The van der Waals surface area contributed by atoms with Crippen molar-refractivity contribution in [2.24, 2.45) is 5.84 Å². The smallest absolute Gasteiger partial charge is 0.141 e. The molecule has 20 heavy (non-hydrogen) atoms. The van der Waals surface area contributed by atoms with Crippen molar-refractivity contribution in [2.75, 3.05) is 0 Å². The van der Waals surface area contributed by atoms with E-state index in [-0.39, 0.29) is 11.4 Å². The molecule has 2 aromatic carbocycles. The van der Waals surface area contributed by atoms with E-state index in [0.717, 1.165) is 6.07 Å². The molecule has 0 spiro atoms. The van der Waals surface area contributed by atoms with E-state index in [9.17, 15) is 13.2 Å². The summed E-state index contributed by atoms with van der Waals surface area (Å²) in [7, 11) is 0. The Kier molecular flexibility index (Phi) is 4.65. The van der Waals surface area contributed by atoms with Crippen LogP contribution in [0.5, 0.6) is 0 Å². The van der Waals surface area contributed by atoms with Crippen molar-refractivity contribution < 1.29 is 13.2 Å². The van der Waals surface area contributed by atoms with Crippen molar-refractivity contribution in [1.29, 1.82) is 0 Å². The first-order valence-electron chi connectivity index (χ1n) is 5.85. The molecule has 0 radical (unpaired) electrons. The van der Waals surface area contributed by atoms with Crippen LogP contribution in [0.1, 0.15) is 17.2 Å². The number of benzene rings is 2. The van der Waals surface area contributed by atoms with Crippen LogP contribution in [0.15, 0.2) is 36.4 Å². The second kappa shape index (κ2) is 6.26. The number of halogens is 4. The highest BCUT2D eigenvalue weighted by atomic mass is 35.5. The molecule has 0 heterocycles. The van der Waals surface area contributed by atoms with Gasteiger partial charge in [0.2, 0.25) is 0 Å². The van der Waals surface area contributed by atoms with Crippen LogP contribution in [0.3, 0.4) is 0 Å². The Bertz CT molecular complexity index is 599. The number of hydrogen-bond donors (Lipinski definition) is 2. The van der Waals surface area contributed by atoms with Crippen LogP contribution in [0.25, 0.3) is 0 Å². The predicted octanol–water partition coefficient (Wildman–Crippen LogP) is 3.50. The van der Waals surface area contributed by atoms with E-state index in [2.05, 4.69) is 5.43 Å². The van der Waals surface area contributed by atoms with Crippen LogP contribution >= 0.6 is 11.6 Å². The molecule has 1 unspecified atom stereocenters. The molecule has 0 aromatic heterocycles. The molecule has 0 aliphatic carbocycles. The molecule has 0 amide bonds. The van der Waals surface area contributed by atoms with Gasteiger partial charge in [0.25, 0.3) is 0 Å². The van der Waals surface area contributed by atoms with Gasteiger partial charge in [-0.25, -0.2) is 13.2 Å². The van der Waals surface area contributed by atoms with Gasteiger partial charge in [-0.05, 0) is 41.8 Å². The Hall–Kier alpha value is -1.56. The molecule has 0 aliphatic rings. The molecule has 0 saturated heterocycles. The average molecular weight is 301 g/mol. The third-order valence-electron chi connectivity index (χ3n) is 2.91. The first-order chi connectivity index (χ1) is 9.49. The molecule has 0 fully saturated rings. The standard InChI is InChI=1S/C14H12ClF3N2/c15-12-6-9(1-2-13(12)18)14(20-19)5-8-3-10(16)7-11(17)4-8/h1-4,6-7,14,20H,5,19H2. The Morgan fingerprint density at radius 2 is 1.70 bits per heavy atom. The molecule has 6 heteroatoms. The van der Waals surface area contributed by atoms with Crippen molar-refractivity contribution in [2.45, 2.75) is 12.5 Å². The summed E-state index contributed by atoms with van der Waals surface area (Å²) in [6, 6.07) is 6.96. The second-order valence-corrected chi connectivity index (χ2v) is 4.78. The lowest BCUT2D eigenvalue weighted by Crippen LogP contribution is -2.29. The van der Waals surface area contributed by atoms with E-state index in [1.807, 2.05) is 0 Å². The van der Waals surface area contributed by atoms with Crippen LogP contribution in [-0.4, -0.2) is 0 Å². The fourth-order valence-electron chi connectivity index (χ4n) is 1.97. The van der Waals surface area contributed by atoms with E-state index >= 15 is 0 Å². The Morgan fingerprint density at radius 3 is 2.25 bits per heavy atom. The summed E-state index contributed by atoms with van der Waals surface area (Å²) < 4.78 is 39.4. The lowest BCUT2D eigenvalue weighted by atomic mass is 9.99. The van der Waals surface area contributed by atoms with Gasteiger partial charge in [-0.2, -0.15) is 0 Å². The van der Waals surface area contributed by atoms with Gasteiger partial charge in [0.05, 0.1) is 11.1 Å². The Morgan fingerprint density at radius 1 is 1.05 bits per heavy atom. The third kappa shape index (κ3) is 3.50. The zero-order valence-electron chi connectivity index (χ0n) is 10.3. The highest BCUT2D eigenvalue weighted by Crippen LogP contribution is 2.23. The summed E-state index contributed by atoms with van der Waals surface area (Å²) in [6.45, 7) is 0. The van der Waals surface area contributed by atoms with Crippen molar-refractivity contribution in [3.63, 3.8) is 0 Å². The summed E-state index contributed by atoms with van der Waals surface area (Å²) in [6.07, 6.45) is 0.243. The monoisotopic (exact) mass is 300 g/mol. The summed E-state index contributed by atoms with van der Waals surface area (Å²) in [5.41, 5.74) is 3.59. The van der Waals surface area contributed by atoms with Crippen molar-refractivity contribution in [1.82, 2.24) is 5.43 Å². The van der Waals surface area contributed by atoms with Crippen LogP contribution in [0, 0.1) is 17.5 Å². The molecule has 0 bridgehead atoms.